The minimum absolute atomic E-state index is 0.230. The Bertz CT molecular complexity index is 859. The van der Waals surface area contributed by atoms with Gasteiger partial charge in [-0.05, 0) is 42.1 Å². The van der Waals surface area contributed by atoms with Crippen molar-refractivity contribution in [2.75, 3.05) is 12.4 Å². The molecule has 1 fully saturated rings. The summed E-state index contributed by atoms with van der Waals surface area (Å²) in [6.45, 7) is 0.594. The minimum Gasteiger partial charge on any atom is -0.497 e. The molecular weight excluding hydrogens is 314 g/mol. The molecule has 4 rings (SSSR count). The second kappa shape index (κ2) is 5.70. The van der Waals surface area contributed by atoms with Crippen molar-refractivity contribution in [3.63, 3.8) is 0 Å². The molecule has 0 radical (unpaired) electrons. The summed E-state index contributed by atoms with van der Waals surface area (Å²) in [7, 11) is 1.66. The summed E-state index contributed by atoms with van der Waals surface area (Å²) in [4.78, 5) is 8.65. The third kappa shape index (κ3) is 2.94. The molecule has 1 N–H and O–H groups in total. The molecule has 0 spiro atoms. The first-order chi connectivity index (χ1) is 11.2. The van der Waals surface area contributed by atoms with Crippen molar-refractivity contribution in [1.82, 2.24) is 19.7 Å². The fourth-order valence-corrected chi connectivity index (χ4v) is 2.68. The lowest BCUT2D eigenvalue weighted by molar-refractivity contribution is 0.414. The highest BCUT2D eigenvalue weighted by Crippen LogP contribution is 2.29. The molecule has 2 aromatic heterocycles. The summed E-state index contributed by atoms with van der Waals surface area (Å²) < 4.78 is 7.09. The second-order valence-corrected chi connectivity index (χ2v) is 5.99. The number of halogens is 1. The summed E-state index contributed by atoms with van der Waals surface area (Å²) in [6.07, 6.45) is 4.12. The van der Waals surface area contributed by atoms with Crippen LogP contribution in [0, 0.1) is 0 Å². The molecule has 1 aromatic carbocycles. The fraction of sp³-hybridized carbons (Fsp3) is 0.312. The number of fused-ring (bicyclic) bond motifs is 1. The molecule has 2 heterocycles. The van der Waals surface area contributed by atoms with Crippen LogP contribution in [0.15, 0.2) is 30.5 Å². The normalized spacial score (nSPS) is 14.2. The van der Waals surface area contributed by atoms with Crippen LogP contribution in [0.1, 0.15) is 18.4 Å². The average molecular weight is 330 g/mol. The number of aromatic nitrogens is 4. The van der Waals surface area contributed by atoms with E-state index in [0.29, 0.717) is 12.6 Å². The van der Waals surface area contributed by atoms with Crippen LogP contribution in [0.3, 0.4) is 0 Å². The predicted molar refractivity (Wildman–Crippen MR) is 89.1 cm³/mol. The van der Waals surface area contributed by atoms with E-state index >= 15 is 0 Å². The number of benzene rings is 1. The lowest BCUT2D eigenvalue weighted by Crippen LogP contribution is -2.06. The Morgan fingerprint density at radius 3 is 3.00 bits per heavy atom. The molecule has 118 valence electrons. The van der Waals surface area contributed by atoms with Gasteiger partial charge in [0.15, 0.2) is 5.65 Å². The van der Waals surface area contributed by atoms with Crippen molar-refractivity contribution in [3.05, 3.63) is 41.3 Å². The summed E-state index contributed by atoms with van der Waals surface area (Å²) in [5.74, 6) is 1.59. The maximum absolute atomic E-state index is 6.08. The van der Waals surface area contributed by atoms with Crippen LogP contribution in [-0.2, 0) is 6.54 Å². The maximum Gasteiger partial charge on any atom is 0.226 e. The van der Waals surface area contributed by atoms with Crippen LogP contribution < -0.4 is 10.1 Å². The van der Waals surface area contributed by atoms with Crippen molar-refractivity contribution in [2.24, 2.45) is 0 Å². The van der Waals surface area contributed by atoms with Gasteiger partial charge in [0.2, 0.25) is 5.28 Å². The topological polar surface area (TPSA) is 64.9 Å². The molecule has 0 saturated heterocycles. The highest BCUT2D eigenvalue weighted by Gasteiger charge is 2.23. The standard InChI is InChI=1S/C16H16ClN5O/c1-23-12-4-2-3-10(7-12)9-22-15-13(8-18-22)14(19-11-5-6-11)20-16(17)21-15/h2-4,7-8,11H,5-6,9H2,1H3,(H,19,20,21). The van der Waals surface area contributed by atoms with E-state index in [1.165, 1.54) is 12.8 Å². The third-order valence-corrected chi connectivity index (χ3v) is 4.02. The SMILES string of the molecule is COc1cccc(Cn2ncc3c(NC4CC4)nc(Cl)nc32)c1. The zero-order valence-electron chi connectivity index (χ0n) is 12.7. The van der Waals surface area contributed by atoms with E-state index in [1.54, 1.807) is 13.3 Å². The first-order valence-electron chi connectivity index (χ1n) is 7.51. The van der Waals surface area contributed by atoms with Gasteiger partial charge in [-0.25, -0.2) is 4.68 Å². The quantitative estimate of drug-likeness (QED) is 0.729. The van der Waals surface area contributed by atoms with Crippen molar-refractivity contribution in [2.45, 2.75) is 25.4 Å². The van der Waals surface area contributed by atoms with E-state index in [0.717, 1.165) is 28.2 Å². The number of ether oxygens (including phenoxy) is 1. The van der Waals surface area contributed by atoms with Gasteiger partial charge in [0.05, 0.1) is 25.2 Å². The van der Waals surface area contributed by atoms with Crippen LogP contribution in [-0.4, -0.2) is 32.9 Å². The molecule has 0 unspecified atom stereocenters. The molecule has 3 aromatic rings. The van der Waals surface area contributed by atoms with E-state index < -0.39 is 0 Å². The zero-order valence-corrected chi connectivity index (χ0v) is 13.4. The van der Waals surface area contributed by atoms with Gasteiger partial charge >= 0.3 is 0 Å². The molecule has 0 bridgehead atoms. The van der Waals surface area contributed by atoms with Gasteiger partial charge in [-0.15, -0.1) is 0 Å². The van der Waals surface area contributed by atoms with Crippen LogP contribution >= 0.6 is 11.6 Å². The van der Waals surface area contributed by atoms with Crippen LogP contribution in [0.5, 0.6) is 5.75 Å². The van der Waals surface area contributed by atoms with E-state index in [2.05, 4.69) is 20.4 Å². The Morgan fingerprint density at radius 1 is 1.35 bits per heavy atom. The van der Waals surface area contributed by atoms with Crippen molar-refractivity contribution >= 4 is 28.5 Å². The molecule has 1 aliphatic carbocycles. The third-order valence-electron chi connectivity index (χ3n) is 3.85. The summed E-state index contributed by atoms with van der Waals surface area (Å²) in [5.41, 5.74) is 1.82. The van der Waals surface area contributed by atoms with E-state index in [1.807, 2.05) is 28.9 Å². The van der Waals surface area contributed by atoms with Crippen LogP contribution in [0.4, 0.5) is 5.82 Å². The highest BCUT2D eigenvalue weighted by molar-refractivity contribution is 6.28. The molecule has 6 nitrogen and oxygen atoms in total. The Morgan fingerprint density at radius 2 is 2.22 bits per heavy atom. The van der Waals surface area contributed by atoms with E-state index in [4.69, 9.17) is 16.3 Å². The Balaban J connectivity index is 1.70. The van der Waals surface area contributed by atoms with E-state index in [-0.39, 0.29) is 5.28 Å². The molecular formula is C16H16ClN5O. The van der Waals surface area contributed by atoms with Crippen LogP contribution in [0.2, 0.25) is 5.28 Å². The zero-order chi connectivity index (χ0) is 15.8. The number of nitrogens with zero attached hydrogens (tertiary/aromatic N) is 4. The number of hydrogen-bond donors (Lipinski definition) is 1. The molecule has 0 aliphatic heterocycles. The number of methoxy groups -OCH3 is 1. The molecule has 23 heavy (non-hydrogen) atoms. The Hall–Kier alpha value is -2.34. The molecule has 1 aliphatic rings. The lowest BCUT2D eigenvalue weighted by Gasteiger charge is -2.07. The van der Waals surface area contributed by atoms with Crippen molar-refractivity contribution in [1.29, 1.82) is 0 Å². The summed E-state index contributed by atoms with van der Waals surface area (Å²) >= 11 is 6.08. The smallest absolute Gasteiger partial charge is 0.226 e. The van der Waals surface area contributed by atoms with Crippen molar-refractivity contribution < 1.29 is 4.74 Å². The summed E-state index contributed by atoms with van der Waals surface area (Å²) in [5, 5.41) is 8.96. The highest BCUT2D eigenvalue weighted by atomic mass is 35.5. The first-order valence-corrected chi connectivity index (χ1v) is 7.89. The van der Waals surface area contributed by atoms with Gasteiger partial charge in [0.1, 0.15) is 11.6 Å². The number of nitrogens with one attached hydrogen (secondary N) is 1. The predicted octanol–water partition coefficient (Wildman–Crippen LogP) is 3.11. The van der Waals surface area contributed by atoms with Gasteiger partial charge in [0, 0.05) is 6.04 Å². The molecule has 7 heteroatoms. The van der Waals surface area contributed by atoms with Gasteiger partial charge in [0.25, 0.3) is 0 Å². The number of rotatable bonds is 5. The van der Waals surface area contributed by atoms with Gasteiger partial charge in [-0.2, -0.15) is 15.1 Å². The molecule has 0 amide bonds. The fourth-order valence-electron chi connectivity index (χ4n) is 2.52. The lowest BCUT2D eigenvalue weighted by atomic mass is 10.2. The van der Waals surface area contributed by atoms with Gasteiger partial charge in [-0.1, -0.05) is 12.1 Å². The largest absolute Gasteiger partial charge is 0.497 e. The minimum atomic E-state index is 0.230. The second-order valence-electron chi connectivity index (χ2n) is 5.65. The van der Waals surface area contributed by atoms with Gasteiger partial charge in [-0.3, -0.25) is 0 Å². The molecule has 1 saturated carbocycles. The van der Waals surface area contributed by atoms with Crippen molar-refractivity contribution in [3.8, 4) is 5.75 Å². The number of hydrogen-bond acceptors (Lipinski definition) is 5. The Labute approximate surface area is 138 Å². The Kier molecular flexibility index (Phi) is 3.53. The van der Waals surface area contributed by atoms with Crippen LogP contribution in [0.25, 0.3) is 11.0 Å². The van der Waals surface area contributed by atoms with E-state index in [9.17, 15) is 0 Å². The monoisotopic (exact) mass is 329 g/mol. The average Bonchev–Trinajstić information content (AvgIpc) is 3.28. The molecule has 0 atom stereocenters. The first kappa shape index (κ1) is 14.3. The number of anilines is 1. The summed E-state index contributed by atoms with van der Waals surface area (Å²) in [6, 6.07) is 8.39. The maximum atomic E-state index is 6.08. The van der Waals surface area contributed by atoms with Gasteiger partial charge < -0.3 is 10.1 Å².